The lowest BCUT2D eigenvalue weighted by atomic mass is 9.94. The predicted octanol–water partition coefficient (Wildman–Crippen LogP) is 6.45. The van der Waals surface area contributed by atoms with E-state index in [1.807, 2.05) is 27.7 Å². The largest absolute Gasteiger partial charge is 0.323 e. The number of amides is 3. The fourth-order valence-electron chi connectivity index (χ4n) is 3.60. The Morgan fingerprint density at radius 1 is 1.22 bits per heavy atom. The Balaban J connectivity index is 1.89. The van der Waals surface area contributed by atoms with Crippen LogP contribution in [0.1, 0.15) is 45.4 Å². The Labute approximate surface area is 200 Å². The molecule has 1 aromatic carbocycles. The fraction of sp³-hybridized carbons (Fsp3) is 0.500. The zero-order chi connectivity index (χ0) is 24.1. The van der Waals surface area contributed by atoms with E-state index in [1.54, 1.807) is 23.1 Å². The maximum absolute atomic E-state index is 13.3. The highest BCUT2D eigenvalue weighted by atomic mass is 35.5. The number of nitrogens with one attached hydrogen (secondary N) is 3. The number of carbonyl (C=O) groups is 2. The maximum Gasteiger partial charge on any atom is 0.323 e. The topological polar surface area (TPSA) is 90.1 Å². The van der Waals surface area contributed by atoms with Crippen molar-refractivity contribution in [3.05, 3.63) is 39.5 Å². The van der Waals surface area contributed by atoms with E-state index in [-0.39, 0.29) is 11.9 Å². The summed E-state index contributed by atoms with van der Waals surface area (Å²) in [5.41, 5.74) is 1.38. The summed E-state index contributed by atoms with van der Waals surface area (Å²) < 4.78 is 0. The van der Waals surface area contributed by atoms with Gasteiger partial charge in [0.05, 0.1) is 41.6 Å². The first kappa shape index (κ1) is 24.6. The molecule has 3 rings (SSSR count). The van der Waals surface area contributed by atoms with Gasteiger partial charge in [-0.05, 0) is 25.5 Å². The number of aromatic nitrogens is 2. The van der Waals surface area contributed by atoms with Gasteiger partial charge in [-0.2, -0.15) is 5.10 Å². The lowest BCUT2D eigenvalue weighted by Gasteiger charge is -2.35. The molecular formula is C22H31Cl2N5O2Si. The predicted molar refractivity (Wildman–Crippen MR) is 133 cm³/mol. The minimum atomic E-state index is -1.78. The second kappa shape index (κ2) is 8.39. The maximum atomic E-state index is 13.3. The average molecular weight is 497 g/mol. The highest BCUT2D eigenvalue weighted by molar-refractivity contribution is 6.82. The molecule has 10 heteroatoms. The zero-order valence-electron chi connectivity index (χ0n) is 19.6. The Hall–Kier alpha value is -2.03. The smallest absolute Gasteiger partial charge is 0.309 e. The number of aromatic amines is 1. The van der Waals surface area contributed by atoms with Crippen LogP contribution in [0.15, 0.2) is 18.2 Å². The van der Waals surface area contributed by atoms with Crippen LogP contribution in [0.4, 0.5) is 16.3 Å². The zero-order valence-corrected chi connectivity index (χ0v) is 22.1. The van der Waals surface area contributed by atoms with Crippen LogP contribution in [0.2, 0.25) is 34.7 Å². The number of hydrogen-bond donors (Lipinski definition) is 3. The molecule has 1 aliphatic heterocycles. The lowest BCUT2D eigenvalue weighted by molar-refractivity contribution is -0.118. The van der Waals surface area contributed by atoms with Gasteiger partial charge in [-0.25, -0.2) is 4.79 Å². The third-order valence-electron chi connectivity index (χ3n) is 7.12. The highest BCUT2D eigenvalue weighted by Gasteiger charge is 2.47. The van der Waals surface area contributed by atoms with E-state index in [9.17, 15) is 9.59 Å². The molecule has 1 unspecified atom stereocenters. The van der Waals surface area contributed by atoms with Gasteiger partial charge < -0.3 is 15.5 Å². The number of urea groups is 1. The molecule has 3 amide bonds. The number of rotatable bonds is 5. The molecule has 0 saturated carbocycles. The number of fused-ring (bicyclic) bond motifs is 1. The van der Waals surface area contributed by atoms with Crippen molar-refractivity contribution >= 4 is 54.7 Å². The second-order valence-electron chi connectivity index (χ2n) is 10.00. The van der Waals surface area contributed by atoms with Gasteiger partial charge in [0, 0.05) is 10.6 Å². The van der Waals surface area contributed by atoms with E-state index in [2.05, 4.69) is 40.5 Å². The molecule has 0 bridgehead atoms. The van der Waals surface area contributed by atoms with E-state index in [4.69, 9.17) is 23.2 Å². The molecule has 3 N–H and O–H groups in total. The van der Waals surface area contributed by atoms with Crippen LogP contribution in [0.5, 0.6) is 0 Å². The molecule has 0 radical (unpaired) electrons. The molecule has 32 heavy (non-hydrogen) atoms. The fourth-order valence-corrected chi connectivity index (χ4v) is 4.83. The van der Waals surface area contributed by atoms with Gasteiger partial charge in [0.1, 0.15) is 0 Å². The van der Waals surface area contributed by atoms with Crippen molar-refractivity contribution in [3.63, 3.8) is 0 Å². The summed E-state index contributed by atoms with van der Waals surface area (Å²) in [6.07, 6.45) is 0.652. The monoisotopic (exact) mass is 495 g/mol. The van der Waals surface area contributed by atoms with Gasteiger partial charge in [0.25, 0.3) is 0 Å². The summed E-state index contributed by atoms with van der Waals surface area (Å²) in [5, 5.41) is 13.6. The van der Waals surface area contributed by atoms with E-state index < -0.39 is 18.7 Å². The van der Waals surface area contributed by atoms with Crippen LogP contribution in [0.3, 0.4) is 0 Å². The standard InChI is InChI=1S/C22H31Cl2N5O2Si/c1-8-22(4)17-13(18(28-27-17)26-19(30)21(2,3)32(5,6)7)12-29(22)20(31)25-16-14(23)10-9-11-15(16)24/h9-11H,8,12H2,1-7H3,(H,25,31)(H2,26,27,28,30). The molecule has 1 aliphatic rings. The van der Waals surface area contributed by atoms with Crippen LogP contribution in [0, 0.1) is 0 Å². The minimum absolute atomic E-state index is 0.0603. The van der Waals surface area contributed by atoms with Gasteiger partial charge in [-0.1, -0.05) is 69.7 Å². The molecular weight excluding hydrogens is 465 g/mol. The quantitative estimate of drug-likeness (QED) is 0.416. The first-order chi connectivity index (χ1) is 14.7. The molecule has 0 aliphatic carbocycles. The van der Waals surface area contributed by atoms with Crippen molar-refractivity contribution in [2.45, 2.75) is 70.9 Å². The number of halogens is 2. The van der Waals surface area contributed by atoms with E-state index >= 15 is 0 Å². The van der Waals surface area contributed by atoms with Gasteiger partial charge in [0.2, 0.25) is 5.91 Å². The molecule has 1 atom stereocenters. The molecule has 2 aromatic rings. The van der Waals surface area contributed by atoms with Crippen LogP contribution < -0.4 is 10.6 Å². The molecule has 0 spiro atoms. The van der Waals surface area contributed by atoms with Crippen LogP contribution in [-0.2, 0) is 16.9 Å². The van der Waals surface area contributed by atoms with Gasteiger partial charge in [-0.3, -0.25) is 9.89 Å². The minimum Gasteiger partial charge on any atom is -0.309 e. The second-order valence-corrected chi connectivity index (χ2v) is 16.6. The summed E-state index contributed by atoms with van der Waals surface area (Å²) in [5.74, 6) is 0.414. The Morgan fingerprint density at radius 3 is 2.34 bits per heavy atom. The van der Waals surface area contributed by atoms with Crippen molar-refractivity contribution in [3.8, 4) is 0 Å². The molecule has 0 saturated heterocycles. The molecule has 1 aromatic heterocycles. The summed E-state index contributed by atoms with van der Waals surface area (Å²) in [6, 6.07) is 4.74. The van der Waals surface area contributed by atoms with E-state index in [0.29, 0.717) is 34.5 Å². The van der Waals surface area contributed by atoms with Crippen molar-refractivity contribution in [2.24, 2.45) is 0 Å². The molecule has 7 nitrogen and oxygen atoms in total. The van der Waals surface area contributed by atoms with E-state index in [1.165, 1.54) is 0 Å². The van der Waals surface area contributed by atoms with Crippen LogP contribution >= 0.6 is 23.2 Å². The lowest BCUT2D eigenvalue weighted by Crippen LogP contribution is -2.45. The van der Waals surface area contributed by atoms with Gasteiger partial charge in [-0.15, -0.1) is 0 Å². The summed E-state index contributed by atoms with van der Waals surface area (Å²) in [6.45, 7) is 14.7. The van der Waals surface area contributed by atoms with Crippen molar-refractivity contribution < 1.29 is 9.59 Å². The Kier molecular flexibility index (Phi) is 6.45. The molecule has 0 fully saturated rings. The number of nitrogens with zero attached hydrogens (tertiary/aromatic N) is 2. The van der Waals surface area contributed by atoms with Crippen molar-refractivity contribution in [2.75, 3.05) is 10.6 Å². The number of para-hydroxylation sites is 1. The van der Waals surface area contributed by atoms with Crippen LogP contribution in [0.25, 0.3) is 0 Å². The molecule has 174 valence electrons. The Morgan fingerprint density at radius 2 is 1.81 bits per heavy atom. The highest BCUT2D eigenvalue weighted by Crippen LogP contribution is 2.45. The third kappa shape index (κ3) is 4.04. The third-order valence-corrected chi connectivity index (χ3v) is 11.7. The number of H-pyrrole nitrogens is 1. The van der Waals surface area contributed by atoms with Crippen molar-refractivity contribution in [1.29, 1.82) is 0 Å². The van der Waals surface area contributed by atoms with Gasteiger partial charge >= 0.3 is 6.03 Å². The number of carbonyl (C=O) groups excluding carboxylic acids is 2. The number of hydrogen-bond acceptors (Lipinski definition) is 3. The van der Waals surface area contributed by atoms with Crippen molar-refractivity contribution in [1.82, 2.24) is 15.1 Å². The number of benzene rings is 1. The molecule has 2 heterocycles. The average Bonchev–Trinajstić information content (AvgIpc) is 3.23. The first-order valence-corrected chi connectivity index (χ1v) is 14.9. The first-order valence-electron chi connectivity index (χ1n) is 10.7. The summed E-state index contributed by atoms with van der Waals surface area (Å²) in [4.78, 5) is 28.1. The van der Waals surface area contributed by atoms with E-state index in [0.717, 1.165) is 11.3 Å². The number of anilines is 2. The van der Waals surface area contributed by atoms with Crippen LogP contribution in [-0.4, -0.2) is 35.1 Å². The SMILES string of the molecule is CCC1(C)c2[nH]nc(NC(=O)C(C)(C)[Si](C)(C)C)c2CN1C(=O)Nc1c(Cl)cccc1Cl. The Bertz CT molecular complexity index is 1040. The normalized spacial score (nSPS) is 18.5. The summed E-state index contributed by atoms with van der Waals surface area (Å²) >= 11 is 12.5. The van der Waals surface area contributed by atoms with Gasteiger partial charge in [0.15, 0.2) is 5.82 Å². The summed E-state index contributed by atoms with van der Waals surface area (Å²) in [7, 11) is -1.78.